The smallest absolute Gasteiger partial charge is 0.0490 e. The summed E-state index contributed by atoms with van der Waals surface area (Å²) < 4.78 is 0. The van der Waals surface area contributed by atoms with Crippen LogP contribution in [-0.2, 0) is 6.54 Å². The summed E-state index contributed by atoms with van der Waals surface area (Å²) in [5, 5.41) is 8.58. The van der Waals surface area contributed by atoms with E-state index in [-0.39, 0.29) is 0 Å². The lowest BCUT2D eigenvalue weighted by molar-refractivity contribution is 0.199. The molecule has 0 aliphatic carbocycles. The van der Waals surface area contributed by atoms with Gasteiger partial charge in [-0.1, -0.05) is 12.1 Å². The van der Waals surface area contributed by atoms with E-state index in [2.05, 4.69) is 50.4 Å². The first kappa shape index (κ1) is 12.7. The highest BCUT2D eigenvalue weighted by Crippen LogP contribution is 2.27. The Morgan fingerprint density at radius 2 is 2.24 bits per heavy atom. The minimum atomic E-state index is 0.590. The van der Waals surface area contributed by atoms with Gasteiger partial charge in [-0.25, -0.2) is 0 Å². The molecule has 0 bridgehead atoms. The van der Waals surface area contributed by atoms with Crippen LogP contribution in [0.4, 0.5) is 0 Å². The van der Waals surface area contributed by atoms with Gasteiger partial charge in [0.2, 0.25) is 0 Å². The van der Waals surface area contributed by atoms with E-state index in [4.69, 9.17) is 0 Å². The molecule has 3 heterocycles. The molecule has 1 aliphatic heterocycles. The third-order valence-electron chi connectivity index (χ3n) is 4.55. The molecule has 0 amide bonds. The molecule has 4 rings (SSSR count). The van der Waals surface area contributed by atoms with Crippen molar-refractivity contribution in [3.8, 4) is 0 Å². The molecule has 4 heteroatoms. The minimum absolute atomic E-state index is 0.590. The molecule has 4 nitrogen and oxygen atoms in total. The Kier molecular flexibility index (Phi) is 3.24. The van der Waals surface area contributed by atoms with Gasteiger partial charge in [-0.05, 0) is 43.1 Å². The van der Waals surface area contributed by atoms with Crippen LogP contribution in [0.25, 0.3) is 10.9 Å². The van der Waals surface area contributed by atoms with E-state index in [0.717, 1.165) is 13.1 Å². The number of rotatable bonds is 3. The Hall–Kier alpha value is -2.07. The van der Waals surface area contributed by atoms with E-state index in [1.807, 2.05) is 12.4 Å². The van der Waals surface area contributed by atoms with Crippen molar-refractivity contribution in [3.05, 3.63) is 54.0 Å². The number of nitrogens with zero attached hydrogens (tertiary/aromatic N) is 2. The van der Waals surface area contributed by atoms with E-state index in [1.165, 1.54) is 41.5 Å². The molecule has 1 atom stereocenters. The number of aromatic nitrogens is 3. The second-order valence-electron chi connectivity index (χ2n) is 5.94. The van der Waals surface area contributed by atoms with E-state index in [9.17, 15) is 0 Å². The van der Waals surface area contributed by atoms with Gasteiger partial charge in [0, 0.05) is 48.0 Å². The van der Waals surface area contributed by atoms with Crippen molar-refractivity contribution in [1.29, 1.82) is 0 Å². The van der Waals surface area contributed by atoms with Crippen molar-refractivity contribution in [2.24, 2.45) is 0 Å². The predicted molar refractivity (Wildman–Crippen MR) is 84.1 cm³/mol. The molecule has 2 aromatic heterocycles. The minimum Gasteiger partial charge on any atom is -0.361 e. The number of benzene rings is 1. The van der Waals surface area contributed by atoms with Crippen LogP contribution in [0.5, 0.6) is 0 Å². The first-order valence-electron chi connectivity index (χ1n) is 7.67. The van der Waals surface area contributed by atoms with Gasteiger partial charge >= 0.3 is 0 Å². The van der Waals surface area contributed by atoms with Gasteiger partial charge in [-0.2, -0.15) is 5.10 Å². The van der Waals surface area contributed by atoms with Gasteiger partial charge in [0.15, 0.2) is 0 Å². The van der Waals surface area contributed by atoms with Crippen LogP contribution in [-0.4, -0.2) is 33.2 Å². The molecular weight excluding hydrogens is 260 g/mol. The van der Waals surface area contributed by atoms with Gasteiger partial charge < -0.3 is 4.98 Å². The van der Waals surface area contributed by atoms with Crippen molar-refractivity contribution in [2.75, 3.05) is 13.1 Å². The molecule has 108 valence electrons. The average molecular weight is 280 g/mol. The second-order valence-corrected chi connectivity index (χ2v) is 5.94. The predicted octanol–water partition coefficient (Wildman–Crippen LogP) is 3.27. The molecule has 0 unspecified atom stereocenters. The van der Waals surface area contributed by atoms with Crippen molar-refractivity contribution in [2.45, 2.75) is 25.3 Å². The third kappa shape index (κ3) is 2.47. The molecule has 0 spiro atoms. The molecule has 1 aliphatic rings. The van der Waals surface area contributed by atoms with Gasteiger partial charge in [0.25, 0.3) is 0 Å². The van der Waals surface area contributed by atoms with E-state index >= 15 is 0 Å². The van der Waals surface area contributed by atoms with Crippen LogP contribution >= 0.6 is 0 Å². The molecule has 1 saturated heterocycles. The van der Waals surface area contributed by atoms with Gasteiger partial charge in [0.1, 0.15) is 0 Å². The van der Waals surface area contributed by atoms with Crippen LogP contribution in [0, 0.1) is 0 Å². The van der Waals surface area contributed by atoms with Gasteiger partial charge in [-0.3, -0.25) is 10.00 Å². The Bertz CT molecular complexity index is 713. The molecular formula is C17H20N4. The highest BCUT2D eigenvalue weighted by molar-refractivity contribution is 5.82. The maximum Gasteiger partial charge on any atom is 0.0490 e. The lowest BCUT2D eigenvalue weighted by Crippen LogP contribution is -2.34. The maximum absolute atomic E-state index is 4.09. The summed E-state index contributed by atoms with van der Waals surface area (Å²) in [5.74, 6) is 0.590. The average Bonchev–Trinajstić information content (AvgIpc) is 3.20. The van der Waals surface area contributed by atoms with E-state index in [1.54, 1.807) is 0 Å². The maximum atomic E-state index is 4.09. The molecule has 3 aromatic rings. The van der Waals surface area contributed by atoms with Crippen molar-refractivity contribution in [1.82, 2.24) is 20.1 Å². The fourth-order valence-electron chi connectivity index (χ4n) is 3.48. The number of fused-ring (bicyclic) bond motifs is 1. The highest BCUT2D eigenvalue weighted by Gasteiger charge is 2.22. The first-order chi connectivity index (χ1) is 10.4. The monoisotopic (exact) mass is 280 g/mol. The topological polar surface area (TPSA) is 47.7 Å². The summed E-state index contributed by atoms with van der Waals surface area (Å²) in [5.41, 5.74) is 3.92. The van der Waals surface area contributed by atoms with Crippen molar-refractivity contribution in [3.63, 3.8) is 0 Å². The lowest BCUT2D eigenvalue weighted by Gasteiger charge is -2.32. The quantitative estimate of drug-likeness (QED) is 0.773. The zero-order valence-corrected chi connectivity index (χ0v) is 12.0. The molecule has 0 radical (unpaired) electrons. The van der Waals surface area contributed by atoms with Crippen molar-refractivity contribution < 1.29 is 0 Å². The van der Waals surface area contributed by atoms with E-state index in [0.29, 0.717) is 5.92 Å². The van der Waals surface area contributed by atoms with Crippen molar-refractivity contribution >= 4 is 10.9 Å². The fourth-order valence-corrected chi connectivity index (χ4v) is 3.48. The molecule has 1 fully saturated rings. The summed E-state index contributed by atoms with van der Waals surface area (Å²) in [6.45, 7) is 3.33. The lowest BCUT2D eigenvalue weighted by atomic mass is 9.94. The third-order valence-corrected chi connectivity index (χ3v) is 4.55. The Morgan fingerprint density at radius 1 is 1.24 bits per heavy atom. The Morgan fingerprint density at radius 3 is 3.14 bits per heavy atom. The summed E-state index contributed by atoms with van der Waals surface area (Å²) in [7, 11) is 0. The second kappa shape index (κ2) is 5.37. The van der Waals surface area contributed by atoms with E-state index < -0.39 is 0 Å². The molecule has 21 heavy (non-hydrogen) atoms. The summed E-state index contributed by atoms with van der Waals surface area (Å²) in [6.07, 6.45) is 6.40. The number of H-pyrrole nitrogens is 2. The van der Waals surface area contributed by atoms with Gasteiger partial charge in [-0.15, -0.1) is 0 Å². The summed E-state index contributed by atoms with van der Waals surface area (Å²) in [6, 6.07) is 10.8. The number of piperidine rings is 1. The Balaban J connectivity index is 1.53. The Labute approximate surface area is 124 Å². The largest absolute Gasteiger partial charge is 0.361 e. The zero-order valence-electron chi connectivity index (χ0n) is 12.0. The van der Waals surface area contributed by atoms with Crippen LogP contribution < -0.4 is 0 Å². The van der Waals surface area contributed by atoms with Crippen LogP contribution in [0.1, 0.15) is 30.0 Å². The van der Waals surface area contributed by atoms with Crippen LogP contribution in [0.15, 0.2) is 42.7 Å². The number of hydrogen-bond acceptors (Lipinski definition) is 2. The normalized spacial score (nSPS) is 20.1. The SMILES string of the molecule is c1cc(CN2CCC[C@@H](c3ccn[nH]3)C2)c2cc[nH]c2c1. The number of nitrogens with one attached hydrogen (secondary N) is 2. The summed E-state index contributed by atoms with van der Waals surface area (Å²) in [4.78, 5) is 5.86. The van der Waals surface area contributed by atoms with Crippen LogP contribution in [0.2, 0.25) is 0 Å². The van der Waals surface area contributed by atoms with Gasteiger partial charge in [0.05, 0.1) is 0 Å². The fraction of sp³-hybridized carbons (Fsp3) is 0.353. The number of likely N-dealkylation sites (tertiary alicyclic amines) is 1. The zero-order chi connectivity index (χ0) is 14.1. The first-order valence-corrected chi connectivity index (χ1v) is 7.67. The standard InChI is InChI=1S/C17H20N4/c1-3-13(15-6-8-18-17(15)5-1)11-21-10-2-4-14(12-21)16-7-9-19-20-16/h1,3,5-9,14,18H,2,4,10-12H2,(H,19,20)/t14-/m1/s1. The molecule has 0 saturated carbocycles. The summed E-state index contributed by atoms with van der Waals surface area (Å²) >= 11 is 0. The number of aromatic amines is 2. The van der Waals surface area contributed by atoms with Crippen LogP contribution in [0.3, 0.4) is 0 Å². The highest BCUT2D eigenvalue weighted by atomic mass is 15.1. The molecule has 1 aromatic carbocycles. The number of hydrogen-bond donors (Lipinski definition) is 2. The molecule has 2 N–H and O–H groups in total.